The van der Waals surface area contributed by atoms with E-state index in [0.29, 0.717) is 16.5 Å². The standard InChI is InChI=1S/C20H17ClN4OS/c21-14-7-8-16-15(11-14)18-22-19(26)17(13-5-2-1-3-6-13)24-25(18)20(23-16)9-4-10-27-12-20/h1-3,5-8,11,23H,4,9-10,12H2. The predicted octanol–water partition coefficient (Wildman–Crippen LogP) is 4.23. The fourth-order valence-electron chi connectivity index (χ4n) is 3.80. The zero-order valence-corrected chi connectivity index (χ0v) is 16.1. The summed E-state index contributed by atoms with van der Waals surface area (Å²) in [6, 6.07) is 15.2. The number of aromatic nitrogens is 3. The Kier molecular flexibility index (Phi) is 3.98. The van der Waals surface area contributed by atoms with E-state index in [0.717, 1.165) is 41.2 Å². The number of nitrogens with zero attached hydrogens (tertiary/aromatic N) is 3. The second kappa shape index (κ2) is 6.39. The molecule has 27 heavy (non-hydrogen) atoms. The number of halogens is 1. The van der Waals surface area contributed by atoms with Crippen LogP contribution < -0.4 is 10.9 Å². The Labute approximate surface area is 165 Å². The molecule has 0 bridgehead atoms. The third-order valence-electron chi connectivity index (χ3n) is 5.07. The van der Waals surface area contributed by atoms with Gasteiger partial charge in [0.1, 0.15) is 5.66 Å². The van der Waals surface area contributed by atoms with Gasteiger partial charge in [-0.15, -0.1) is 0 Å². The summed E-state index contributed by atoms with van der Waals surface area (Å²) >= 11 is 8.11. The lowest BCUT2D eigenvalue weighted by Gasteiger charge is -2.43. The van der Waals surface area contributed by atoms with Crippen molar-refractivity contribution in [2.75, 3.05) is 16.8 Å². The minimum Gasteiger partial charge on any atom is -0.360 e. The molecule has 3 aromatic rings. The Balaban J connectivity index is 1.79. The molecule has 7 heteroatoms. The maximum Gasteiger partial charge on any atom is 0.300 e. The van der Waals surface area contributed by atoms with E-state index in [9.17, 15) is 4.79 Å². The number of fused-ring (bicyclic) bond motifs is 4. The van der Waals surface area contributed by atoms with E-state index in [1.54, 1.807) is 0 Å². The van der Waals surface area contributed by atoms with E-state index in [4.69, 9.17) is 16.7 Å². The van der Waals surface area contributed by atoms with Gasteiger partial charge in [-0.3, -0.25) is 4.79 Å². The topological polar surface area (TPSA) is 59.8 Å². The Morgan fingerprint density at radius 3 is 2.81 bits per heavy atom. The van der Waals surface area contributed by atoms with E-state index >= 15 is 0 Å². The molecule has 136 valence electrons. The third kappa shape index (κ3) is 2.75. The molecule has 1 unspecified atom stereocenters. The molecule has 2 aliphatic heterocycles. The number of rotatable bonds is 1. The zero-order chi connectivity index (χ0) is 18.4. The molecule has 5 nitrogen and oxygen atoms in total. The smallest absolute Gasteiger partial charge is 0.300 e. The van der Waals surface area contributed by atoms with E-state index < -0.39 is 0 Å². The zero-order valence-electron chi connectivity index (χ0n) is 14.5. The van der Waals surface area contributed by atoms with Crippen LogP contribution >= 0.6 is 23.4 Å². The molecular formula is C20H17ClN4OS. The highest BCUT2D eigenvalue weighted by Gasteiger charge is 2.41. The molecule has 0 saturated carbocycles. The fraction of sp³-hybridized carbons (Fsp3) is 0.250. The van der Waals surface area contributed by atoms with Crippen molar-refractivity contribution in [2.45, 2.75) is 18.5 Å². The summed E-state index contributed by atoms with van der Waals surface area (Å²) in [6.45, 7) is 0. The first-order chi connectivity index (χ1) is 13.2. The van der Waals surface area contributed by atoms with Crippen LogP contribution in [0.15, 0.2) is 53.3 Å². The van der Waals surface area contributed by atoms with Crippen LogP contribution in [0.5, 0.6) is 0 Å². The van der Waals surface area contributed by atoms with Crippen LogP contribution in [0, 0.1) is 0 Å². The molecule has 1 aromatic heterocycles. The van der Waals surface area contributed by atoms with Crippen molar-refractivity contribution in [3.63, 3.8) is 0 Å². The molecule has 2 aliphatic rings. The van der Waals surface area contributed by atoms with Crippen molar-refractivity contribution in [2.24, 2.45) is 0 Å². The van der Waals surface area contributed by atoms with E-state index in [1.165, 1.54) is 0 Å². The van der Waals surface area contributed by atoms with Crippen LogP contribution in [-0.4, -0.2) is 26.3 Å². The van der Waals surface area contributed by atoms with Gasteiger partial charge in [-0.1, -0.05) is 41.9 Å². The molecule has 0 aliphatic carbocycles. The summed E-state index contributed by atoms with van der Waals surface area (Å²) in [5.41, 5.74) is 2.21. The van der Waals surface area contributed by atoms with E-state index in [1.807, 2.05) is 65.0 Å². The van der Waals surface area contributed by atoms with Gasteiger partial charge in [0.2, 0.25) is 0 Å². The van der Waals surface area contributed by atoms with Crippen LogP contribution in [0.1, 0.15) is 12.8 Å². The maximum atomic E-state index is 12.8. The maximum absolute atomic E-state index is 12.8. The van der Waals surface area contributed by atoms with Crippen LogP contribution in [0.2, 0.25) is 5.02 Å². The van der Waals surface area contributed by atoms with Crippen LogP contribution in [0.25, 0.3) is 22.6 Å². The first-order valence-corrected chi connectivity index (χ1v) is 10.4. The van der Waals surface area contributed by atoms with Gasteiger partial charge in [-0.25, -0.2) is 4.68 Å². The largest absolute Gasteiger partial charge is 0.360 e. The van der Waals surface area contributed by atoms with Crippen molar-refractivity contribution in [3.8, 4) is 22.6 Å². The van der Waals surface area contributed by atoms with Gasteiger partial charge < -0.3 is 5.32 Å². The third-order valence-corrected chi connectivity index (χ3v) is 6.57. The highest BCUT2D eigenvalue weighted by atomic mass is 35.5. The van der Waals surface area contributed by atoms with Gasteiger partial charge in [0.05, 0.1) is 0 Å². The van der Waals surface area contributed by atoms with Gasteiger partial charge in [-0.05, 0) is 36.8 Å². The Hall–Kier alpha value is -2.31. The van der Waals surface area contributed by atoms with Crippen LogP contribution in [-0.2, 0) is 5.66 Å². The van der Waals surface area contributed by atoms with Crippen molar-refractivity contribution in [1.82, 2.24) is 14.8 Å². The summed E-state index contributed by atoms with van der Waals surface area (Å²) in [6.07, 6.45) is 2.01. The molecule has 3 heterocycles. The van der Waals surface area contributed by atoms with Crippen molar-refractivity contribution in [3.05, 3.63) is 63.9 Å². The van der Waals surface area contributed by atoms with Crippen molar-refractivity contribution >= 4 is 29.1 Å². The second-order valence-corrected chi connectivity index (χ2v) is 8.41. The van der Waals surface area contributed by atoms with Gasteiger partial charge >= 0.3 is 0 Å². The van der Waals surface area contributed by atoms with Crippen LogP contribution in [0.3, 0.4) is 0 Å². The SMILES string of the molecule is O=c1nc2n(nc1-c1ccccc1)C1(CCCSC1)Nc1ccc(Cl)cc1-2. The Morgan fingerprint density at radius 1 is 1.19 bits per heavy atom. The summed E-state index contributed by atoms with van der Waals surface area (Å²) < 4.78 is 1.92. The Bertz CT molecular complexity index is 1080. The average molecular weight is 397 g/mol. The van der Waals surface area contributed by atoms with Crippen LogP contribution in [0.4, 0.5) is 5.69 Å². The lowest BCUT2D eigenvalue weighted by atomic mass is 9.99. The van der Waals surface area contributed by atoms with Gasteiger partial charge in [0.25, 0.3) is 5.56 Å². The predicted molar refractivity (Wildman–Crippen MR) is 110 cm³/mol. The number of thioether (sulfide) groups is 1. The lowest BCUT2D eigenvalue weighted by molar-refractivity contribution is 0.299. The highest BCUT2D eigenvalue weighted by molar-refractivity contribution is 7.99. The minimum absolute atomic E-state index is 0.320. The molecule has 2 aromatic carbocycles. The normalized spacial score (nSPS) is 20.6. The molecule has 0 amide bonds. The average Bonchev–Trinajstić information content (AvgIpc) is 2.70. The molecule has 1 N–H and O–H groups in total. The number of nitrogens with one attached hydrogen (secondary N) is 1. The van der Waals surface area contributed by atoms with Crippen molar-refractivity contribution in [1.29, 1.82) is 0 Å². The lowest BCUT2D eigenvalue weighted by Crippen LogP contribution is -2.51. The van der Waals surface area contributed by atoms with Crippen molar-refractivity contribution < 1.29 is 0 Å². The number of hydrogen-bond donors (Lipinski definition) is 1. The summed E-state index contributed by atoms with van der Waals surface area (Å²) in [7, 11) is 0. The van der Waals surface area contributed by atoms with E-state index in [2.05, 4.69) is 10.3 Å². The highest BCUT2D eigenvalue weighted by Crippen LogP contribution is 2.43. The molecule has 1 fully saturated rings. The number of hydrogen-bond acceptors (Lipinski definition) is 5. The quantitative estimate of drug-likeness (QED) is 0.667. The monoisotopic (exact) mass is 396 g/mol. The Morgan fingerprint density at radius 2 is 2.04 bits per heavy atom. The molecule has 5 rings (SSSR count). The van der Waals surface area contributed by atoms with Gasteiger partial charge in [0, 0.05) is 27.6 Å². The fourth-order valence-corrected chi connectivity index (χ4v) is 5.14. The summed E-state index contributed by atoms with van der Waals surface area (Å²) in [5.74, 6) is 2.58. The number of anilines is 1. The minimum atomic E-state index is -0.386. The first-order valence-electron chi connectivity index (χ1n) is 8.89. The molecule has 0 radical (unpaired) electrons. The number of benzene rings is 2. The second-order valence-electron chi connectivity index (χ2n) is 6.87. The van der Waals surface area contributed by atoms with Gasteiger partial charge in [0.15, 0.2) is 11.5 Å². The molecular weight excluding hydrogens is 380 g/mol. The first kappa shape index (κ1) is 16.8. The summed E-state index contributed by atoms with van der Waals surface area (Å²) in [5, 5.41) is 9.09. The summed E-state index contributed by atoms with van der Waals surface area (Å²) in [4.78, 5) is 17.3. The molecule has 1 atom stereocenters. The molecule has 1 saturated heterocycles. The van der Waals surface area contributed by atoms with E-state index in [-0.39, 0.29) is 11.2 Å². The molecule has 1 spiro atoms. The van der Waals surface area contributed by atoms with Gasteiger partial charge in [-0.2, -0.15) is 21.8 Å².